The van der Waals surface area contributed by atoms with E-state index < -0.39 is 31.2 Å². The predicted molar refractivity (Wildman–Crippen MR) is 155 cm³/mol. The summed E-state index contributed by atoms with van der Waals surface area (Å²) in [7, 11) is 0. The third kappa shape index (κ3) is 8.40. The number of alkyl halides is 6. The molecule has 0 bridgehead atoms. The van der Waals surface area contributed by atoms with E-state index in [4.69, 9.17) is 14.2 Å². The summed E-state index contributed by atoms with van der Waals surface area (Å²) in [5, 5.41) is 6.64. The predicted octanol–water partition coefficient (Wildman–Crippen LogP) is 6.98. The number of hydrogen-bond donors (Lipinski definition) is 2. The number of benzene rings is 2. The number of halogens is 7. The molecule has 0 radical (unpaired) electrons. The molecular formula is C30H30F7N3O3S. The molecule has 0 atom stereocenters. The highest BCUT2D eigenvalue weighted by molar-refractivity contribution is 7.20. The number of ether oxygens (including phenoxy) is 3. The normalized spacial score (nSPS) is 16.5. The van der Waals surface area contributed by atoms with Crippen molar-refractivity contribution in [2.24, 2.45) is 0 Å². The molecule has 1 aromatic heterocycles. The Morgan fingerprint density at radius 1 is 0.955 bits per heavy atom. The smallest absolute Gasteiger partial charge is 0.422 e. The first-order valence-corrected chi connectivity index (χ1v) is 14.8. The molecule has 0 amide bonds. The van der Waals surface area contributed by atoms with E-state index in [2.05, 4.69) is 22.5 Å². The number of anilines is 3. The first kappa shape index (κ1) is 32.0. The van der Waals surface area contributed by atoms with E-state index in [0.717, 1.165) is 35.9 Å². The fourth-order valence-electron chi connectivity index (χ4n) is 5.09. The van der Waals surface area contributed by atoms with E-state index in [1.807, 2.05) is 6.07 Å². The maximum atomic E-state index is 15.0. The van der Waals surface area contributed by atoms with Gasteiger partial charge >= 0.3 is 12.4 Å². The number of nitrogens with zero attached hydrogens (tertiary/aromatic N) is 1. The standard InChI is InChI=1S/C30H30F7N3O3S/c31-22-15-24(26(43-18-30(35,36)37)16-25(22)40-9-13-42-14-10-40)38-8-2-5-27-21(17-29(32,33)34)20-3-1-4-23(28(20)44-27)39-19-6-11-41-12-7-19/h1,3-4,15-16,19,38-39H,6-14,17-18H2. The molecule has 0 saturated carbocycles. The van der Waals surface area contributed by atoms with Crippen LogP contribution in [0.15, 0.2) is 30.3 Å². The van der Waals surface area contributed by atoms with Gasteiger partial charge in [0.1, 0.15) is 11.6 Å². The highest BCUT2D eigenvalue weighted by Crippen LogP contribution is 2.40. The van der Waals surface area contributed by atoms with Gasteiger partial charge in [-0.15, -0.1) is 11.3 Å². The van der Waals surface area contributed by atoms with Gasteiger partial charge in [-0.3, -0.25) is 0 Å². The number of nitrogens with one attached hydrogen (secondary N) is 2. The Hall–Kier alpha value is -3.41. The van der Waals surface area contributed by atoms with E-state index in [1.165, 1.54) is 6.07 Å². The number of rotatable bonds is 8. The molecular weight excluding hydrogens is 615 g/mol. The van der Waals surface area contributed by atoms with Crippen molar-refractivity contribution >= 4 is 38.5 Å². The molecule has 5 rings (SSSR count). The van der Waals surface area contributed by atoms with Crippen LogP contribution in [0, 0.1) is 17.7 Å². The third-order valence-corrected chi connectivity index (χ3v) is 8.33. The van der Waals surface area contributed by atoms with Gasteiger partial charge in [0.05, 0.1) is 52.8 Å². The largest absolute Gasteiger partial charge is 0.482 e. The highest BCUT2D eigenvalue weighted by atomic mass is 32.1. The Bertz CT molecular complexity index is 1500. The Morgan fingerprint density at radius 2 is 1.68 bits per heavy atom. The van der Waals surface area contributed by atoms with Crippen LogP contribution in [0.1, 0.15) is 23.3 Å². The fraction of sp³-hybridized carbons (Fsp3) is 0.467. The van der Waals surface area contributed by atoms with Gasteiger partial charge in [-0.05, 0) is 29.9 Å². The summed E-state index contributed by atoms with van der Waals surface area (Å²) in [6, 6.07) is 7.51. The third-order valence-electron chi connectivity index (χ3n) is 7.14. The molecule has 14 heteroatoms. The van der Waals surface area contributed by atoms with E-state index in [0.29, 0.717) is 49.6 Å². The van der Waals surface area contributed by atoms with E-state index in [9.17, 15) is 26.3 Å². The first-order chi connectivity index (χ1) is 21.0. The lowest BCUT2D eigenvalue weighted by molar-refractivity contribution is -0.153. The summed E-state index contributed by atoms with van der Waals surface area (Å²) in [4.78, 5) is 1.88. The van der Waals surface area contributed by atoms with E-state index >= 15 is 4.39 Å². The molecule has 238 valence electrons. The Labute approximate surface area is 253 Å². The summed E-state index contributed by atoms with van der Waals surface area (Å²) >= 11 is 1.14. The molecule has 0 unspecified atom stereocenters. The number of fused-ring (bicyclic) bond motifs is 1. The SMILES string of the molecule is Fc1cc(NCC#Cc2sc3c(NC4CCOCC4)cccc3c2CC(F)(F)F)c(OCC(F)(F)F)cc1N1CCOCC1. The quantitative estimate of drug-likeness (QED) is 0.204. The van der Waals surface area contributed by atoms with Crippen LogP contribution in [0.5, 0.6) is 5.75 Å². The van der Waals surface area contributed by atoms with E-state index in [-0.39, 0.29) is 40.2 Å². The monoisotopic (exact) mass is 645 g/mol. The summed E-state index contributed by atoms with van der Waals surface area (Å²) in [5.41, 5.74) is 0.786. The molecule has 2 aliphatic rings. The summed E-state index contributed by atoms with van der Waals surface area (Å²) in [5.74, 6) is 4.65. The number of thiophene rings is 1. The Balaban J connectivity index is 1.40. The minimum Gasteiger partial charge on any atom is -0.482 e. The zero-order chi connectivity index (χ0) is 31.3. The summed E-state index contributed by atoms with van der Waals surface area (Å²) < 4.78 is 111. The lowest BCUT2D eigenvalue weighted by Gasteiger charge is -2.30. The molecule has 2 fully saturated rings. The molecule has 3 heterocycles. The average Bonchev–Trinajstić information content (AvgIpc) is 3.32. The molecule has 2 saturated heterocycles. The topological polar surface area (TPSA) is 55.0 Å². The van der Waals surface area contributed by atoms with Gasteiger partial charge in [-0.1, -0.05) is 24.0 Å². The highest BCUT2D eigenvalue weighted by Gasteiger charge is 2.32. The van der Waals surface area contributed by atoms with Crippen LogP contribution in [0.4, 0.5) is 47.8 Å². The molecule has 3 aromatic rings. The molecule has 2 aromatic carbocycles. The van der Waals surface area contributed by atoms with Crippen molar-refractivity contribution in [1.82, 2.24) is 0 Å². The first-order valence-electron chi connectivity index (χ1n) is 14.0. The van der Waals surface area contributed by atoms with Gasteiger partial charge in [0.2, 0.25) is 0 Å². The second kappa shape index (κ2) is 13.7. The van der Waals surface area contributed by atoms with Gasteiger partial charge in [-0.2, -0.15) is 26.3 Å². The molecule has 2 aliphatic heterocycles. The number of morpholine rings is 1. The van der Waals surface area contributed by atoms with Crippen molar-refractivity contribution in [2.75, 3.05) is 68.2 Å². The van der Waals surface area contributed by atoms with Crippen LogP contribution in [0.2, 0.25) is 0 Å². The molecule has 2 N–H and O–H groups in total. The van der Waals surface area contributed by atoms with Crippen LogP contribution in [0.25, 0.3) is 10.1 Å². The fourth-order valence-corrected chi connectivity index (χ4v) is 6.26. The van der Waals surface area contributed by atoms with Gasteiger partial charge < -0.3 is 29.7 Å². The zero-order valence-electron chi connectivity index (χ0n) is 23.5. The average molecular weight is 646 g/mol. The lowest BCUT2D eigenvalue weighted by atomic mass is 10.1. The van der Waals surface area contributed by atoms with Crippen LogP contribution >= 0.6 is 11.3 Å². The lowest BCUT2D eigenvalue weighted by Crippen LogP contribution is -2.36. The Kier molecular flexibility index (Phi) is 9.97. The van der Waals surface area contributed by atoms with Crippen molar-refractivity contribution in [2.45, 2.75) is 37.7 Å². The van der Waals surface area contributed by atoms with Crippen molar-refractivity contribution in [3.05, 3.63) is 46.6 Å². The van der Waals surface area contributed by atoms with Crippen LogP contribution in [-0.4, -0.2) is 71.1 Å². The van der Waals surface area contributed by atoms with Crippen molar-refractivity contribution in [3.63, 3.8) is 0 Å². The maximum absolute atomic E-state index is 15.0. The van der Waals surface area contributed by atoms with Crippen molar-refractivity contribution in [1.29, 1.82) is 0 Å². The second-order valence-electron chi connectivity index (χ2n) is 10.4. The summed E-state index contributed by atoms with van der Waals surface area (Å²) in [6.07, 6.45) is -8.72. The van der Waals surface area contributed by atoms with Crippen molar-refractivity contribution < 1.29 is 44.9 Å². The van der Waals surface area contributed by atoms with Crippen LogP contribution < -0.4 is 20.3 Å². The maximum Gasteiger partial charge on any atom is 0.422 e. The minimum atomic E-state index is -4.63. The van der Waals surface area contributed by atoms with Gasteiger partial charge in [0.15, 0.2) is 6.61 Å². The van der Waals surface area contributed by atoms with Crippen LogP contribution in [-0.2, 0) is 15.9 Å². The van der Waals surface area contributed by atoms with Gasteiger partial charge in [-0.25, -0.2) is 4.39 Å². The zero-order valence-corrected chi connectivity index (χ0v) is 24.3. The summed E-state index contributed by atoms with van der Waals surface area (Å²) in [6.45, 7) is 0.822. The van der Waals surface area contributed by atoms with Gasteiger partial charge in [0, 0.05) is 44.5 Å². The molecule has 6 nitrogen and oxygen atoms in total. The molecule has 0 aliphatic carbocycles. The Morgan fingerprint density at radius 3 is 2.39 bits per heavy atom. The van der Waals surface area contributed by atoms with Crippen molar-refractivity contribution in [3.8, 4) is 17.6 Å². The van der Waals surface area contributed by atoms with Crippen LogP contribution in [0.3, 0.4) is 0 Å². The second-order valence-corrected chi connectivity index (χ2v) is 11.4. The molecule has 0 spiro atoms. The van der Waals surface area contributed by atoms with E-state index in [1.54, 1.807) is 17.0 Å². The van der Waals surface area contributed by atoms with Gasteiger partial charge in [0.25, 0.3) is 0 Å². The number of hydrogen-bond acceptors (Lipinski definition) is 7. The molecule has 44 heavy (non-hydrogen) atoms. The minimum absolute atomic E-state index is 0.0516.